The van der Waals surface area contributed by atoms with Crippen molar-refractivity contribution in [3.8, 4) is 0 Å². The number of rotatable bonds is 8. The Morgan fingerprint density at radius 2 is 2.12 bits per heavy atom. The second-order valence-corrected chi connectivity index (χ2v) is 5.07. The molecule has 0 aliphatic heterocycles. The Hall–Kier alpha value is -0.380. The third-order valence-corrected chi connectivity index (χ3v) is 3.39. The Bertz CT molecular complexity index is 328. The van der Waals surface area contributed by atoms with Crippen molar-refractivity contribution in [2.24, 2.45) is 0 Å². The number of halogens is 1. The van der Waals surface area contributed by atoms with Crippen LogP contribution in [-0.4, -0.2) is 13.7 Å². The van der Waals surface area contributed by atoms with Gasteiger partial charge in [0, 0.05) is 17.6 Å². The molecule has 0 saturated heterocycles. The van der Waals surface area contributed by atoms with Crippen molar-refractivity contribution in [1.29, 1.82) is 0 Å². The van der Waals surface area contributed by atoms with E-state index < -0.39 is 0 Å². The van der Waals surface area contributed by atoms with Gasteiger partial charge in [0.05, 0.1) is 6.61 Å². The highest BCUT2D eigenvalue weighted by Gasteiger charge is 2.01. The first-order chi connectivity index (χ1) is 8.27. The molecule has 1 rings (SSSR count). The average Bonchev–Trinajstić information content (AvgIpc) is 2.32. The number of unbranched alkanes of at least 4 members (excludes halogenated alkanes) is 2. The quantitative estimate of drug-likeness (QED) is 0.736. The van der Waals surface area contributed by atoms with E-state index >= 15 is 0 Å². The van der Waals surface area contributed by atoms with Gasteiger partial charge < -0.3 is 10.1 Å². The van der Waals surface area contributed by atoms with Crippen LogP contribution in [0.4, 0.5) is 0 Å². The lowest BCUT2D eigenvalue weighted by atomic mass is 10.1. The molecule has 0 spiro atoms. The van der Waals surface area contributed by atoms with Gasteiger partial charge in [0.2, 0.25) is 0 Å². The normalized spacial score (nSPS) is 10.8. The summed E-state index contributed by atoms with van der Waals surface area (Å²) in [5.41, 5.74) is 2.51. The van der Waals surface area contributed by atoms with Crippen LogP contribution < -0.4 is 5.32 Å². The number of hydrogen-bond donors (Lipinski definition) is 1. The van der Waals surface area contributed by atoms with Crippen LogP contribution in [0.15, 0.2) is 22.7 Å². The SMILES string of the molecule is CCCCCOCc1ccc(CNC)cc1Br. The Labute approximate surface area is 113 Å². The summed E-state index contributed by atoms with van der Waals surface area (Å²) >= 11 is 3.59. The molecule has 0 aliphatic rings. The van der Waals surface area contributed by atoms with E-state index in [9.17, 15) is 0 Å². The molecule has 1 aromatic rings. The van der Waals surface area contributed by atoms with Crippen LogP contribution in [-0.2, 0) is 17.9 Å². The van der Waals surface area contributed by atoms with Crippen molar-refractivity contribution in [3.05, 3.63) is 33.8 Å². The standard InChI is InChI=1S/C14H22BrNO/c1-3-4-5-8-17-11-13-7-6-12(10-16-2)9-14(13)15/h6-7,9,16H,3-5,8,10-11H2,1-2H3. The van der Waals surface area contributed by atoms with Crippen LogP contribution in [0.3, 0.4) is 0 Å². The highest BCUT2D eigenvalue weighted by atomic mass is 79.9. The van der Waals surface area contributed by atoms with Crippen LogP contribution in [0.2, 0.25) is 0 Å². The molecule has 3 heteroatoms. The first kappa shape index (κ1) is 14.7. The molecule has 0 heterocycles. The van der Waals surface area contributed by atoms with Crippen LogP contribution >= 0.6 is 15.9 Å². The summed E-state index contributed by atoms with van der Waals surface area (Å²) in [6.07, 6.45) is 3.65. The van der Waals surface area contributed by atoms with Crippen molar-refractivity contribution in [3.63, 3.8) is 0 Å². The maximum absolute atomic E-state index is 5.66. The molecule has 0 radical (unpaired) electrons. The van der Waals surface area contributed by atoms with Crippen LogP contribution in [0, 0.1) is 0 Å². The zero-order chi connectivity index (χ0) is 12.5. The van der Waals surface area contributed by atoms with E-state index in [0.29, 0.717) is 6.61 Å². The van der Waals surface area contributed by atoms with Crippen LogP contribution in [0.25, 0.3) is 0 Å². The van der Waals surface area contributed by atoms with Crippen LogP contribution in [0.5, 0.6) is 0 Å². The first-order valence-electron chi connectivity index (χ1n) is 6.27. The van der Waals surface area contributed by atoms with Gasteiger partial charge in [-0.25, -0.2) is 0 Å². The number of hydrogen-bond acceptors (Lipinski definition) is 2. The Morgan fingerprint density at radius 1 is 1.29 bits per heavy atom. The smallest absolute Gasteiger partial charge is 0.0727 e. The zero-order valence-electron chi connectivity index (χ0n) is 10.8. The summed E-state index contributed by atoms with van der Waals surface area (Å²) in [6, 6.07) is 6.43. The minimum absolute atomic E-state index is 0.699. The van der Waals surface area contributed by atoms with Gasteiger partial charge in [-0.3, -0.25) is 0 Å². The Morgan fingerprint density at radius 3 is 2.76 bits per heavy atom. The average molecular weight is 300 g/mol. The maximum Gasteiger partial charge on any atom is 0.0727 e. The third-order valence-electron chi connectivity index (χ3n) is 2.65. The predicted molar refractivity (Wildman–Crippen MR) is 76.1 cm³/mol. The largest absolute Gasteiger partial charge is 0.377 e. The molecule has 1 N–H and O–H groups in total. The molecule has 0 aromatic heterocycles. The number of nitrogens with one attached hydrogen (secondary N) is 1. The Balaban J connectivity index is 2.38. The molecule has 17 heavy (non-hydrogen) atoms. The summed E-state index contributed by atoms with van der Waals surface area (Å²) in [4.78, 5) is 0. The van der Waals surface area contributed by atoms with Gasteiger partial charge in [-0.2, -0.15) is 0 Å². The second kappa shape index (κ2) is 8.67. The lowest BCUT2D eigenvalue weighted by Crippen LogP contribution is -2.05. The minimum atomic E-state index is 0.699. The van der Waals surface area contributed by atoms with E-state index in [4.69, 9.17) is 4.74 Å². The van der Waals surface area contributed by atoms with Gasteiger partial charge in [-0.1, -0.05) is 47.8 Å². The summed E-state index contributed by atoms with van der Waals surface area (Å²) in [7, 11) is 1.96. The van der Waals surface area contributed by atoms with Crippen molar-refractivity contribution in [2.75, 3.05) is 13.7 Å². The fourth-order valence-electron chi connectivity index (χ4n) is 1.66. The van der Waals surface area contributed by atoms with Gasteiger partial charge in [0.25, 0.3) is 0 Å². The lowest BCUT2D eigenvalue weighted by Gasteiger charge is -2.08. The molecule has 1 aromatic carbocycles. The highest BCUT2D eigenvalue weighted by Crippen LogP contribution is 2.19. The van der Waals surface area contributed by atoms with Gasteiger partial charge in [-0.05, 0) is 30.7 Å². The lowest BCUT2D eigenvalue weighted by molar-refractivity contribution is 0.116. The molecular formula is C14H22BrNO. The number of ether oxygens (including phenoxy) is 1. The Kier molecular flexibility index (Phi) is 7.49. The topological polar surface area (TPSA) is 21.3 Å². The molecule has 0 fully saturated rings. The summed E-state index contributed by atoms with van der Waals surface area (Å²) in [6.45, 7) is 4.66. The summed E-state index contributed by atoms with van der Waals surface area (Å²) in [5, 5.41) is 3.14. The molecule has 0 atom stereocenters. The van der Waals surface area contributed by atoms with E-state index in [1.165, 1.54) is 24.0 Å². The first-order valence-corrected chi connectivity index (χ1v) is 7.07. The van der Waals surface area contributed by atoms with Crippen molar-refractivity contribution in [1.82, 2.24) is 5.32 Å². The zero-order valence-corrected chi connectivity index (χ0v) is 12.3. The van der Waals surface area contributed by atoms with Crippen molar-refractivity contribution >= 4 is 15.9 Å². The molecule has 0 amide bonds. The van der Waals surface area contributed by atoms with Gasteiger partial charge in [0.1, 0.15) is 0 Å². The summed E-state index contributed by atoms with van der Waals surface area (Å²) in [5.74, 6) is 0. The minimum Gasteiger partial charge on any atom is -0.377 e. The third kappa shape index (κ3) is 5.66. The number of benzene rings is 1. The fourth-order valence-corrected chi connectivity index (χ4v) is 2.20. The van der Waals surface area contributed by atoms with Gasteiger partial charge in [-0.15, -0.1) is 0 Å². The fraction of sp³-hybridized carbons (Fsp3) is 0.571. The highest BCUT2D eigenvalue weighted by molar-refractivity contribution is 9.10. The second-order valence-electron chi connectivity index (χ2n) is 4.22. The molecule has 96 valence electrons. The predicted octanol–water partition coefficient (Wildman–Crippen LogP) is 3.88. The molecule has 2 nitrogen and oxygen atoms in total. The van der Waals surface area contributed by atoms with E-state index in [2.05, 4.69) is 46.4 Å². The van der Waals surface area contributed by atoms with Crippen molar-refractivity contribution in [2.45, 2.75) is 39.3 Å². The van der Waals surface area contributed by atoms with E-state index in [1.54, 1.807) is 0 Å². The van der Waals surface area contributed by atoms with E-state index in [-0.39, 0.29) is 0 Å². The molecule has 0 aliphatic carbocycles. The summed E-state index contributed by atoms with van der Waals surface area (Å²) < 4.78 is 6.80. The van der Waals surface area contributed by atoms with Gasteiger partial charge >= 0.3 is 0 Å². The van der Waals surface area contributed by atoms with E-state index in [1.807, 2.05) is 7.05 Å². The van der Waals surface area contributed by atoms with Crippen molar-refractivity contribution < 1.29 is 4.74 Å². The molecular weight excluding hydrogens is 278 g/mol. The van der Waals surface area contributed by atoms with Crippen LogP contribution in [0.1, 0.15) is 37.3 Å². The van der Waals surface area contributed by atoms with Gasteiger partial charge in [0.15, 0.2) is 0 Å². The molecule has 0 saturated carbocycles. The monoisotopic (exact) mass is 299 g/mol. The maximum atomic E-state index is 5.66. The molecule has 0 bridgehead atoms. The molecule has 0 unspecified atom stereocenters. The van der Waals surface area contributed by atoms with E-state index in [0.717, 1.165) is 24.0 Å².